The van der Waals surface area contributed by atoms with Crippen molar-refractivity contribution in [1.82, 2.24) is 9.55 Å². The second kappa shape index (κ2) is 3.89. The minimum atomic E-state index is 0.210. The fourth-order valence-corrected chi connectivity index (χ4v) is 2.35. The first-order valence-corrected chi connectivity index (χ1v) is 5.71. The zero-order chi connectivity index (χ0) is 11.8. The van der Waals surface area contributed by atoms with Crippen LogP contribution in [-0.4, -0.2) is 16.2 Å². The summed E-state index contributed by atoms with van der Waals surface area (Å²) in [5, 5.41) is 0. The molecule has 3 rings (SSSR count). The predicted octanol–water partition coefficient (Wildman–Crippen LogP) is 1.89. The van der Waals surface area contributed by atoms with Crippen molar-refractivity contribution in [2.24, 2.45) is 0 Å². The van der Waals surface area contributed by atoms with E-state index in [1.54, 1.807) is 0 Å². The first-order chi connectivity index (χ1) is 8.25. The third-order valence-electron chi connectivity index (χ3n) is 3.22. The van der Waals surface area contributed by atoms with Gasteiger partial charge in [0.1, 0.15) is 5.82 Å². The third-order valence-corrected chi connectivity index (χ3v) is 3.22. The number of aromatic nitrogens is 2. The number of benzene rings is 1. The zero-order valence-electron chi connectivity index (χ0n) is 9.76. The van der Waals surface area contributed by atoms with Crippen LogP contribution in [0.1, 0.15) is 23.1 Å². The summed E-state index contributed by atoms with van der Waals surface area (Å²) in [5.74, 6) is 1.03. The number of anilines is 1. The summed E-state index contributed by atoms with van der Waals surface area (Å²) < 4.78 is 7.86. The highest BCUT2D eigenvalue weighted by Gasteiger charge is 2.23. The van der Waals surface area contributed by atoms with Gasteiger partial charge in [-0.05, 0) is 24.6 Å². The Morgan fingerprint density at radius 1 is 1.35 bits per heavy atom. The molecule has 0 radical (unpaired) electrons. The average molecular weight is 229 g/mol. The molecule has 0 fully saturated rings. The van der Waals surface area contributed by atoms with Crippen molar-refractivity contribution in [3.05, 3.63) is 47.5 Å². The summed E-state index contributed by atoms with van der Waals surface area (Å²) in [5.41, 5.74) is 8.84. The monoisotopic (exact) mass is 229 g/mol. The number of nitrogens with two attached hydrogens (primary N) is 1. The molecule has 88 valence electrons. The van der Waals surface area contributed by atoms with Crippen molar-refractivity contribution in [2.45, 2.75) is 19.6 Å². The molecule has 17 heavy (non-hydrogen) atoms. The van der Waals surface area contributed by atoms with Crippen LogP contribution in [-0.2, 0) is 11.3 Å². The number of hydrogen-bond acceptors (Lipinski definition) is 3. The molecule has 0 saturated heterocycles. The van der Waals surface area contributed by atoms with Gasteiger partial charge in [-0.3, -0.25) is 0 Å². The van der Waals surface area contributed by atoms with Crippen LogP contribution in [0.15, 0.2) is 30.5 Å². The van der Waals surface area contributed by atoms with Crippen molar-refractivity contribution in [3.63, 3.8) is 0 Å². The van der Waals surface area contributed by atoms with Crippen LogP contribution in [0.4, 0.5) is 5.69 Å². The summed E-state index contributed by atoms with van der Waals surface area (Å²) in [4.78, 5) is 4.35. The first-order valence-electron chi connectivity index (χ1n) is 5.71. The Bertz CT molecular complexity index is 530. The van der Waals surface area contributed by atoms with Crippen LogP contribution in [0.25, 0.3) is 0 Å². The van der Waals surface area contributed by atoms with Crippen molar-refractivity contribution < 1.29 is 4.74 Å². The Labute approximate surface area is 100 Å². The molecule has 2 aromatic rings. The maximum absolute atomic E-state index is 5.71. The summed E-state index contributed by atoms with van der Waals surface area (Å²) in [6.07, 6.45) is 1.89. The highest BCUT2D eigenvalue weighted by molar-refractivity contribution is 5.40. The minimum Gasteiger partial charge on any atom is -0.399 e. The number of ether oxygens (including phenoxy) is 1. The molecule has 2 N–H and O–H groups in total. The van der Waals surface area contributed by atoms with Crippen molar-refractivity contribution >= 4 is 5.69 Å². The average Bonchev–Trinajstić information content (AvgIpc) is 2.73. The molecule has 0 unspecified atom stereocenters. The van der Waals surface area contributed by atoms with Gasteiger partial charge in [0.05, 0.1) is 31.1 Å². The van der Waals surface area contributed by atoms with E-state index in [0.717, 1.165) is 17.2 Å². The fourth-order valence-electron chi connectivity index (χ4n) is 2.35. The van der Waals surface area contributed by atoms with E-state index in [0.29, 0.717) is 13.2 Å². The SMILES string of the molecule is Cc1ncc2n1[C@@H](c1ccc(N)cc1)COC2. The van der Waals surface area contributed by atoms with Crippen molar-refractivity contribution in [2.75, 3.05) is 12.3 Å². The number of nitrogens with zero attached hydrogens (tertiary/aromatic N) is 2. The molecule has 0 saturated carbocycles. The molecule has 0 amide bonds. The number of hydrogen-bond donors (Lipinski definition) is 1. The number of nitrogen functional groups attached to an aromatic ring is 1. The van der Waals surface area contributed by atoms with Crippen LogP contribution < -0.4 is 5.73 Å². The Balaban J connectivity index is 2.05. The lowest BCUT2D eigenvalue weighted by molar-refractivity contribution is 0.0687. The molecule has 0 spiro atoms. The van der Waals surface area contributed by atoms with Gasteiger partial charge in [0.25, 0.3) is 0 Å². The highest BCUT2D eigenvalue weighted by atomic mass is 16.5. The number of rotatable bonds is 1. The van der Waals surface area contributed by atoms with E-state index in [-0.39, 0.29) is 6.04 Å². The zero-order valence-corrected chi connectivity index (χ0v) is 9.76. The lowest BCUT2D eigenvalue weighted by atomic mass is 10.1. The van der Waals surface area contributed by atoms with E-state index < -0.39 is 0 Å². The van der Waals surface area contributed by atoms with Gasteiger partial charge in [-0.15, -0.1) is 0 Å². The van der Waals surface area contributed by atoms with Crippen LogP contribution in [0.2, 0.25) is 0 Å². The molecule has 1 aliphatic rings. The number of fused-ring (bicyclic) bond motifs is 1. The van der Waals surface area contributed by atoms with Gasteiger partial charge in [-0.1, -0.05) is 12.1 Å². The van der Waals surface area contributed by atoms with Gasteiger partial charge in [0, 0.05) is 5.69 Å². The van der Waals surface area contributed by atoms with Crippen LogP contribution >= 0.6 is 0 Å². The van der Waals surface area contributed by atoms with Crippen molar-refractivity contribution in [1.29, 1.82) is 0 Å². The Morgan fingerprint density at radius 3 is 2.88 bits per heavy atom. The predicted molar refractivity (Wildman–Crippen MR) is 65.6 cm³/mol. The smallest absolute Gasteiger partial charge is 0.106 e. The van der Waals surface area contributed by atoms with Gasteiger partial charge in [0.15, 0.2) is 0 Å². The third kappa shape index (κ3) is 1.70. The van der Waals surface area contributed by atoms with Gasteiger partial charge in [-0.2, -0.15) is 0 Å². The van der Waals surface area contributed by atoms with E-state index >= 15 is 0 Å². The second-order valence-corrected chi connectivity index (χ2v) is 4.36. The summed E-state index contributed by atoms with van der Waals surface area (Å²) in [7, 11) is 0. The van der Waals surface area contributed by atoms with E-state index in [4.69, 9.17) is 10.5 Å². The molecule has 1 aromatic carbocycles. The summed E-state index contributed by atoms with van der Waals surface area (Å²) in [6.45, 7) is 3.36. The van der Waals surface area contributed by atoms with E-state index in [2.05, 4.69) is 21.7 Å². The van der Waals surface area contributed by atoms with E-state index in [1.807, 2.05) is 25.3 Å². The molecule has 0 bridgehead atoms. The Hall–Kier alpha value is -1.81. The molecule has 1 aliphatic heterocycles. The summed E-state index contributed by atoms with van der Waals surface area (Å²) in [6, 6.07) is 8.17. The van der Waals surface area contributed by atoms with Gasteiger partial charge in [-0.25, -0.2) is 4.98 Å². The molecule has 4 nitrogen and oxygen atoms in total. The Morgan fingerprint density at radius 2 is 2.12 bits per heavy atom. The highest BCUT2D eigenvalue weighted by Crippen LogP contribution is 2.27. The van der Waals surface area contributed by atoms with E-state index in [1.165, 1.54) is 5.56 Å². The first kappa shape index (κ1) is 10.4. The van der Waals surface area contributed by atoms with E-state index in [9.17, 15) is 0 Å². The number of aryl methyl sites for hydroxylation is 1. The van der Waals surface area contributed by atoms with Gasteiger partial charge in [0.2, 0.25) is 0 Å². The second-order valence-electron chi connectivity index (χ2n) is 4.36. The fraction of sp³-hybridized carbons (Fsp3) is 0.308. The normalized spacial score (nSPS) is 19.0. The minimum absolute atomic E-state index is 0.210. The molecule has 1 aromatic heterocycles. The summed E-state index contributed by atoms with van der Waals surface area (Å²) >= 11 is 0. The molecular weight excluding hydrogens is 214 g/mol. The molecular formula is C13H15N3O. The maximum atomic E-state index is 5.71. The lowest BCUT2D eigenvalue weighted by Gasteiger charge is -2.27. The molecule has 0 aliphatic carbocycles. The lowest BCUT2D eigenvalue weighted by Crippen LogP contribution is -2.25. The van der Waals surface area contributed by atoms with Crippen molar-refractivity contribution in [3.8, 4) is 0 Å². The van der Waals surface area contributed by atoms with Crippen LogP contribution in [0.3, 0.4) is 0 Å². The Kier molecular flexibility index (Phi) is 2.37. The quantitative estimate of drug-likeness (QED) is 0.760. The van der Waals surface area contributed by atoms with Crippen LogP contribution in [0.5, 0.6) is 0 Å². The molecule has 2 heterocycles. The van der Waals surface area contributed by atoms with Gasteiger partial charge >= 0.3 is 0 Å². The largest absolute Gasteiger partial charge is 0.399 e. The molecule has 4 heteroatoms. The van der Waals surface area contributed by atoms with Gasteiger partial charge < -0.3 is 15.0 Å². The topological polar surface area (TPSA) is 53.1 Å². The standard InChI is InChI=1S/C13H15N3O/c1-9-15-6-12-7-17-8-13(16(9)12)10-2-4-11(14)5-3-10/h2-6,13H,7-8,14H2,1H3/t13-/m1/s1. The number of imidazole rings is 1. The maximum Gasteiger partial charge on any atom is 0.106 e. The molecule has 1 atom stereocenters. The van der Waals surface area contributed by atoms with Crippen LogP contribution in [0, 0.1) is 6.92 Å².